The fourth-order valence-corrected chi connectivity index (χ4v) is 3.01. The van der Waals surface area contributed by atoms with Gasteiger partial charge in [0.05, 0.1) is 12.9 Å². The van der Waals surface area contributed by atoms with Crippen LogP contribution in [0.25, 0.3) is 0 Å². The van der Waals surface area contributed by atoms with Gasteiger partial charge in [-0.15, -0.1) is 6.58 Å². The Morgan fingerprint density at radius 1 is 1.52 bits per heavy atom. The summed E-state index contributed by atoms with van der Waals surface area (Å²) >= 11 is 1.17. The molecule has 1 heterocycles. The lowest BCUT2D eigenvalue weighted by molar-refractivity contribution is -0.116. The molecule has 1 fully saturated rings. The molecule has 1 saturated heterocycles. The Hall–Kier alpha value is -2.72. The van der Waals surface area contributed by atoms with Gasteiger partial charge in [0.1, 0.15) is 22.4 Å². The molecule has 0 bridgehead atoms. The molecular formula is C16H15N3O3S. The van der Waals surface area contributed by atoms with Gasteiger partial charge in [0.25, 0.3) is 5.91 Å². The molecule has 1 aromatic rings. The molecule has 1 N–H and O–H groups in total. The summed E-state index contributed by atoms with van der Waals surface area (Å²) in [6.07, 6.45) is 1.52. The Morgan fingerprint density at radius 2 is 2.22 bits per heavy atom. The van der Waals surface area contributed by atoms with E-state index >= 15 is 0 Å². The minimum absolute atomic E-state index is 0.0847. The summed E-state index contributed by atoms with van der Waals surface area (Å²) in [5, 5.41) is 12.2. The van der Waals surface area contributed by atoms with E-state index in [0.29, 0.717) is 16.5 Å². The second-order valence-electron chi connectivity index (χ2n) is 4.51. The predicted molar refractivity (Wildman–Crippen MR) is 88.8 cm³/mol. The number of carbonyl (C=O) groups excluding carboxylic acids is 2. The van der Waals surface area contributed by atoms with Crippen LogP contribution in [0.5, 0.6) is 5.75 Å². The number of ether oxygens (including phenoxy) is 1. The molecule has 0 aliphatic carbocycles. The van der Waals surface area contributed by atoms with Crippen molar-refractivity contribution in [3.05, 3.63) is 47.5 Å². The summed E-state index contributed by atoms with van der Waals surface area (Å²) in [5.74, 6) is 0.131. The maximum atomic E-state index is 12.2. The van der Waals surface area contributed by atoms with Crippen LogP contribution in [0.4, 0.5) is 5.69 Å². The summed E-state index contributed by atoms with van der Waals surface area (Å²) < 4.78 is 5.09. The molecule has 0 radical (unpaired) electrons. The van der Waals surface area contributed by atoms with Crippen molar-refractivity contribution in [2.24, 2.45) is 0 Å². The van der Waals surface area contributed by atoms with Crippen LogP contribution < -0.4 is 15.0 Å². The average Bonchev–Trinajstić information content (AvgIpc) is 2.95. The van der Waals surface area contributed by atoms with E-state index in [0.717, 1.165) is 0 Å². The second kappa shape index (κ2) is 7.51. The first kappa shape index (κ1) is 16.6. The average molecular weight is 329 g/mol. The van der Waals surface area contributed by atoms with E-state index in [2.05, 4.69) is 11.9 Å². The summed E-state index contributed by atoms with van der Waals surface area (Å²) in [4.78, 5) is 25.7. The summed E-state index contributed by atoms with van der Waals surface area (Å²) in [5.41, 5.74) is 0.499. The molecule has 23 heavy (non-hydrogen) atoms. The Labute approximate surface area is 138 Å². The van der Waals surface area contributed by atoms with Gasteiger partial charge in [-0.25, -0.2) is 0 Å². The molecular weight excluding hydrogens is 314 g/mol. The third kappa shape index (κ3) is 3.55. The van der Waals surface area contributed by atoms with Gasteiger partial charge >= 0.3 is 0 Å². The highest BCUT2D eigenvalue weighted by Crippen LogP contribution is 2.36. The van der Waals surface area contributed by atoms with Gasteiger partial charge in [0.2, 0.25) is 5.91 Å². The molecule has 2 amide bonds. The topological polar surface area (TPSA) is 82.4 Å². The van der Waals surface area contributed by atoms with E-state index in [-0.39, 0.29) is 23.8 Å². The quantitative estimate of drug-likeness (QED) is 0.506. The lowest BCUT2D eigenvalue weighted by Gasteiger charge is -2.18. The van der Waals surface area contributed by atoms with Gasteiger partial charge < -0.3 is 10.1 Å². The summed E-state index contributed by atoms with van der Waals surface area (Å²) in [6.45, 7) is 3.76. The first-order valence-electron chi connectivity index (χ1n) is 6.75. The predicted octanol–water partition coefficient (Wildman–Crippen LogP) is 1.81. The fourth-order valence-electron chi connectivity index (χ4n) is 2.00. The van der Waals surface area contributed by atoms with Crippen molar-refractivity contribution in [3.8, 4) is 11.8 Å². The van der Waals surface area contributed by atoms with E-state index < -0.39 is 5.91 Å². The lowest BCUT2D eigenvalue weighted by Crippen LogP contribution is -2.29. The molecule has 0 atom stereocenters. The number of nitriles is 1. The molecule has 1 aromatic carbocycles. The highest BCUT2D eigenvalue weighted by Gasteiger charge is 2.33. The number of hydrogen-bond acceptors (Lipinski definition) is 5. The molecule has 0 spiro atoms. The molecule has 1 aliphatic rings. The molecule has 1 aliphatic heterocycles. The minimum atomic E-state index is -0.525. The van der Waals surface area contributed by atoms with Crippen LogP contribution in [0.2, 0.25) is 0 Å². The van der Waals surface area contributed by atoms with E-state index in [9.17, 15) is 14.9 Å². The molecule has 6 nitrogen and oxygen atoms in total. The smallest absolute Gasteiger partial charge is 0.264 e. The van der Waals surface area contributed by atoms with Gasteiger partial charge in [0.15, 0.2) is 0 Å². The monoisotopic (exact) mass is 329 g/mol. The Bertz CT molecular complexity index is 704. The van der Waals surface area contributed by atoms with Crippen molar-refractivity contribution in [1.82, 2.24) is 5.32 Å². The molecule has 0 aromatic heterocycles. The van der Waals surface area contributed by atoms with E-state index in [1.54, 1.807) is 31.4 Å². The second-order valence-corrected chi connectivity index (χ2v) is 5.47. The van der Waals surface area contributed by atoms with Crippen molar-refractivity contribution in [1.29, 1.82) is 5.26 Å². The van der Waals surface area contributed by atoms with Crippen molar-refractivity contribution < 1.29 is 14.3 Å². The van der Waals surface area contributed by atoms with Crippen molar-refractivity contribution in [3.63, 3.8) is 0 Å². The number of hydrogen-bond donors (Lipinski definition) is 1. The standard InChI is InChI=1S/C16H15N3O3S/c1-3-8-18-15(21)13(9-17)16-19(14(20)10-23-16)11-4-6-12(22-2)7-5-11/h3-7H,1,8,10H2,2H3,(H,18,21)/b16-13-. The van der Waals surface area contributed by atoms with Gasteiger partial charge in [-0.05, 0) is 24.3 Å². The largest absolute Gasteiger partial charge is 0.497 e. The Balaban J connectivity index is 2.40. The van der Waals surface area contributed by atoms with Gasteiger partial charge in [-0.1, -0.05) is 17.8 Å². The van der Waals surface area contributed by atoms with Gasteiger partial charge in [0, 0.05) is 12.2 Å². The van der Waals surface area contributed by atoms with Crippen LogP contribution in [0.1, 0.15) is 0 Å². The third-order valence-electron chi connectivity index (χ3n) is 3.08. The normalized spacial score (nSPS) is 15.8. The number of amides is 2. The number of rotatable bonds is 5. The number of benzene rings is 1. The Morgan fingerprint density at radius 3 is 2.78 bits per heavy atom. The molecule has 118 valence electrons. The molecule has 0 unspecified atom stereocenters. The third-order valence-corrected chi connectivity index (χ3v) is 4.13. The molecule has 7 heteroatoms. The first-order valence-corrected chi connectivity index (χ1v) is 7.74. The van der Waals surface area contributed by atoms with E-state index in [4.69, 9.17) is 4.74 Å². The first-order chi connectivity index (χ1) is 11.1. The fraction of sp³-hybridized carbons (Fsp3) is 0.188. The number of thioether (sulfide) groups is 1. The van der Waals surface area contributed by atoms with Crippen LogP contribution in [-0.2, 0) is 9.59 Å². The summed E-state index contributed by atoms with van der Waals surface area (Å²) in [6, 6.07) is 8.74. The molecule has 2 rings (SSSR count). The Kier molecular flexibility index (Phi) is 5.44. The van der Waals surface area contributed by atoms with Crippen LogP contribution in [0, 0.1) is 11.3 Å². The van der Waals surface area contributed by atoms with Crippen LogP contribution in [0.3, 0.4) is 0 Å². The molecule has 0 saturated carbocycles. The zero-order valence-electron chi connectivity index (χ0n) is 12.5. The van der Waals surface area contributed by atoms with Crippen molar-refractivity contribution in [2.45, 2.75) is 0 Å². The van der Waals surface area contributed by atoms with Crippen LogP contribution in [0.15, 0.2) is 47.5 Å². The minimum Gasteiger partial charge on any atom is -0.497 e. The number of methoxy groups -OCH3 is 1. The van der Waals surface area contributed by atoms with Crippen LogP contribution >= 0.6 is 11.8 Å². The van der Waals surface area contributed by atoms with Crippen molar-refractivity contribution in [2.75, 3.05) is 24.3 Å². The summed E-state index contributed by atoms with van der Waals surface area (Å²) in [7, 11) is 1.55. The SMILES string of the molecule is C=CCNC(=O)/C(C#N)=C1\SCC(=O)N1c1ccc(OC)cc1. The number of anilines is 1. The van der Waals surface area contributed by atoms with E-state index in [1.807, 2.05) is 6.07 Å². The van der Waals surface area contributed by atoms with Crippen LogP contribution in [-0.4, -0.2) is 31.2 Å². The number of nitrogens with one attached hydrogen (secondary N) is 1. The zero-order valence-corrected chi connectivity index (χ0v) is 13.4. The van der Waals surface area contributed by atoms with E-state index in [1.165, 1.54) is 22.7 Å². The number of carbonyl (C=O) groups is 2. The van der Waals surface area contributed by atoms with Gasteiger partial charge in [-0.3, -0.25) is 14.5 Å². The number of nitrogens with zero attached hydrogens (tertiary/aromatic N) is 2. The van der Waals surface area contributed by atoms with Gasteiger partial charge in [-0.2, -0.15) is 5.26 Å². The maximum Gasteiger partial charge on any atom is 0.264 e. The van der Waals surface area contributed by atoms with Crippen molar-refractivity contribution >= 4 is 29.3 Å². The lowest BCUT2D eigenvalue weighted by atomic mass is 10.2. The highest BCUT2D eigenvalue weighted by molar-refractivity contribution is 8.04. The highest BCUT2D eigenvalue weighted by atomic mass is 32.2. The maximum absolute atomic E-state index is 12.2. The zero-order chi connectivity index (χ0) is 16.8.